The number of hydrogen-bond donors (Lipinski definition) is 0. The first-order chi connectivity index (χ1) is 5.00. The summed E-state index contributed by atoms with van der Waals surface area (Å²) in [6.45, 7) is 9.04. The first kappa shape index (κ1) is 9.95. The molecule has 2 heteroatoms. The van der Waals surface area contributed by atoms with Gasteiger partial charge in [-0.2, -0.15) is 0 Å². The fraction of sp³-hybridized carbons (Fsp3) is 0.444. The van der Waals surface area contributed by atoms with E-state index in [1.54, 1.807) is 4.90 Å². The molecule has 0 spiro atoms. The summed E-state index contributed by atoms with van der Waals surface area (Å²) in [7, 11) is 1.83. The van der Waals surface area contributed by atoms with E-state index >= 15 is 0 Å². The lowest BCUT2D eigenvalue weighted by Gasteiger charge is -2.19. The second-order valence-corrected chi connectivity index (χ2v) is 2.49. The van der Waals surface area contributed by atoms with Crippen LogP contribution >= 0.6 is 0 Å². The molecule has 11 heavy (non-hydrogen) atoms. The van der Waals surface area contributed by atoms with Gasteiger partial charge in [-0.1, -0.05) is 12.7 Å². The minimum absolute atomic E-state index is 0.00806. The average molecular weight is 153 g/mol. The fourth-order valence-electron chi connectivity index (χ4n) is 0.643. The van der Waals surface area contributed by atoms with Gasteiger partial charge in [-0.3, -0.25) is 4.79 Å². The van der Waals surface area contributed by atoms with Gasteiger partial charge < -0.3 is 4.90 Å². The lowest BCUT2D eigenvalue weighted by Crippen LogP contribution is -2.19. The Morgan fingerprint density at radius 3 is 2.18 bits per heavy atom. The van der Waals surface area contributed by atoms with Crippen LogP contribution in [0.5, 0.6) is 0 Å². The molecule has 0 unspecified atom stereocenters. The van der Waals surface area contributed by atoms with Crippen molar-refractivity contribution in [2.24, 2.45) is 0 Å². The fourth-order valence-corrected chi connectivity index (χ4v) is 0.643. The van der Waals surface area contributed by atoms with Crippen molar-refractivity contribution in [1.29, 1.82) is 0 Å². The van der Waals surface area contributed by atoms with Gasteiger partial charge in [0.05, 0.1) is 5.70 Å². The van der Waals surface area contributed by atoms with Crippen LogP contribution in [-0.4, -0.2) is 17.7 Å². The number of nitrogens with zero attached hydrogens (tertiary/aromatic N) is 1. The first-order valence-electron chi connectivity index (χ1n) is 3.57. The van der Waals surface area contributed by atoms with Crippen molar-refractivity contribution < 1.29 is 4.79 Å². The van der Waals surface area contributed by atoms with E-state index in [4.69, 9.17) is 0 Å². The minimum atomic E-state index is 0.00806. The van der Waals surface area contributed by atoms with E-state index in [1.807, 2.05) is 27.0 Å². The maximum Gasteiger partial charge on any atom is 0.175 e. The highest BCUT2D eigenvalue weighted by atomic mass is 16.1. The van der Waals surface area contributed by atoms with E-state index < -0.39 is 0 Å². The second kappa shape index (κ2) is 3.96. The summed E-state index contributed by atoms with van der Waals surface area (Å²) in [5.74, 6) is 0.00806. The van der Waals surface area contributed by atoms with E-state index in [9.17, 15) is 4.79 Å². The second-order valence-electron chi connectivity index (χ2n) is 2.49. The standard InChI is InChI=1S/C9H15NO/c1-6-7(2)10(5)8(3)9(4)11/h6H,3H2,1-2,4-5H3. The van der Waals surface area contributed by atoms with Crippen molar-refractivity contribution in [2.75, 3.05) is 7.05 Å². The van der Waals surface area contributed by atoms with E-state index in [-0.39, 0.29) is 5.78 Å². The minimum Gasteiger partial charge on any atom is -0.346 e. The van der Waals surface area contributed by atoms with Crippen LogP contribution in [0.1, 0.15) is 20.8 Å². The Balaban J connectivity index is 4.38. The Labute approximate surface area is 68.2 Å². The topological polar surface area (TPSA) is 20.3 Å². The monoisotopic (exact) mass is 153 g/mol. The molecule has 0 aliphatic carbocycles. The predicted octanol–water partition coefficient (Wildman–Crippen LogP) is 1.94. The molecule has 0 bridgehead atoms. The summed E-state index contributed by atoms with van der Waals surface area (Å²) in [6.07, 6.45) is 1.94. The molecule has 0 N–H and O–H groups in total. The molecule has 0 aromatic rings. The van der Waals surface area contributed by atoms with Crippen molar-refractivity contribution >= 4 is 5.78 Å². The van der Waals surface area contributed by atoms with Gasteiger partial charge in [0.25, 0.3) is 0 Å². The molecule has 0 aromatic heterocycles. The summed E-state index contributed by atoms with van der Waals surface area (Å²) in [4.78, 5) is 12.6. The Kier molecular flexibility index (Phi) is 3.58. The third-order valence-electron chi connectivity index (χ3n) is 1.76. The largest absolute Gasteiger partial charge is 0.346 e. The number of carbonyl (C=O) groups is 1. The zero-order valence-corrected chi connectivity index (χ0v) is 7.64. The normalized spacial score (nSPS) is 11.1. The Morgan fingerprint density at radius 2 is 1.91 bits per heavy atom. The smallest absolute Gasteiger partial charge is 0.175 e. The van der Waals surface area contributed by atoms with Crippen LogP contribution in [0.3, 0.4) is 0 Å². The number of likely N-dealkylation sites (N-methyl/N-ethyl adjacent to an activating group) is 1. The van der Waals surface area contributed by atoms with Crippen molar-refractivity contribution in [3.05, 3.63) is 24.0 Å². The molecule has 0 rings (SSSR count). The van der Waals surface area contributed by atoms with Crippen LogP contribution in [0, 0.1) is 0 Å². The van der Waals surface area contributed by atoms with Gasteiger partial charge in [0.15, 0.2) is 5.78 Å². The zero-order chi connectivity index (χ0) is 9.02. The van der Waals surface area contributed by atoms with E-state index in [2.05, 4.69) is 6.58 Å². The van der Waals surface area contributed by atoms with Gasteiger partial charge in [0, 0.05) is 19.7 Å². The molecule has 0 radical (unpaired) electrons. The van der Waals surface area contributed by atoms with Crippen LogP contribution in [0.2, 0.25) is 0 Å². The maximum atomic E-state index is 10.8. The summed E-state index contributed by atoms with van der Waals surface area (Å²) in [5.41, 5.74) is 1.56. The molecule has 62 valence electrons. The number of carbonyl (C=O) groups excluding carboxylic acids is 1. The molecule has 0 fully saturated rings. The van der Waals surface area contributed by atoms with E-state index in [0.29, 0.717) is 5.70 Å². The van der Waals surface area contributed by atoms with Crippen molar-refractivity contribution in [3.63, 3.8) is 0 Å². The van der Waals surface area contributed by atoms with Crippen LogP contribution in [0.15, 0.2) is 24.0 Å². The molecular weight excluding hydrogens is 138 g/mol. The van der Waals surface area contributed by atoms with Gasteiger partial charge in [0.1, 0.15) is 0 Å². The van der Waals surface area contributed by atoms with Crippen LogP contribution in [0.4, 0.5) is 0 Å². The Bertz CT molecular complexity index is 204. The van der Waals surface area contributed by atoms with Crippen molar-refractivity contribution in [2.45, 2.75) is 20.8 Å². The van der Waals surface area contributed by atoms with Gasteiger partial charge in [-0.05, 0) is 13.8 Å². The molecule has 0 saturated carbocycles. The molecule has 2 nitrogen and oxygen atoms in total. The van der Waals surface area contributed by atoms with E-state index in [1.165, 1.54) is 6.92 Å². The number of ketones is 1. The number of hydrogen-bond acceptors (Lipinski definition) is 2. The molecule has 0 saturated heterocycles. The number of Topliss-reactive ketones (excluding diaryl/α,β-unsaturated/α-hetero) is 1. The quantitative estimate of drug-likeness (QED) is 0.577. The lowest BCUT2D eigenvalue weighted by molar-refractivity contribution is -0.114. The van der Waals surface area contributed by atoms with Crippen LogP contribution in [-0.2, 0) is 4.79 Å². The number of allylic oxidation sites excluding steroid dienone is 3. The van der Waals surface area contributed by atoms with Gasteiger partial charge in [-0.25, -0.2) is 0 Å². The van der Waals surface area contributed by atoms with Crippen LogP contribution in [0.25, 0.3) is 0 Å². The third kappa shape index (κ3) is 2.58. The summed E-state index contributed by atoms with van der Waals surface area (Å²) in [6, 6.07) is 0. The highest BCUT2D eigenvalue weighted by Gasteiger charge is 2.06. The number of rotatable bonds is 3. The third-order valence-corrected chi connectivity index (χ3v) is 1.76. The lowest BCUT2D eigenvalue weighted by atomic mass is 10.3. The first-order valence-corrected chi connectivity index (χ1v) is 3.57. The highest BCUT2D eigenvalue weighted by molar-refractivity contribution is 5.92. The molecule has 0 aliphatic rings. The molecule has 0 heterocycles. The van der Waals surface area contributed by atoms with Crippen molar-refractivity contribution in [3.8, 4) is 0 Å². The molecule has 0 aliphatic heterocycles. The van der Waals surface area contributed by atoms with Gasteiger partial charge in [0.2, 0.25) is 0 Å². The molecule has 0 atom stereocenters. The SMILES string of the molecule is C=C(C(C)=O)N(C)C(C)=CC. The molecule has 0 aromatic carbocycles. The summed E-state index contributed by atoms with van der Waals surface area (Å²) < 4.78 is 0. The van der Waals surface area contributed by atoms with E-state index in [0.717, 1.165) is 5.70 Å². The van der Waals surface area contributed by atoms with Gasteiger partial charge in [-0.15, -0.1) is 0 Å². The Hall–Kier alpha value is -1.05. The maximum absolute atomic E-state index is 10.8. The Morgan fingerprint density at radius 1 is 1.45 bits per heavy atom. The van der Waals surface area contributed by atoms with Gasteiger partial charge >= 0.3 is 0 Å². The van der Waals surface area contributed by atoms with Crippen molar-refractivity contribution in [1.82, 2.24) is 4.90 Å². The summed E-state index contributed by atoms with van der Waals surface area (Å²) in [5, 5.41) is 0. The zero-order valence-electron chi connectivity index (χ0n) is 7.64. The predicted molar refractivity (Wildman–Crippen MR) is 47.0 cm³/mol. The average Bonchev–Trinajstić information content (AvgIpc) is 2.00. The highest BCUT2D eigenvalue weighted by Crippen LogP contribution is 2.07. The molecular formula is C9H15NO. The molecule has 0 amide bonds. The summed E-state index contributed by atoms with van der Waals surface area (Å²) >= 11 is 0. The van der Waals surface area contributed by atoms with Crippen LogP contribution < -0.4 is 0 Å².